The van der Waals surface area contributed by atoms with E-state index in [1.54, 1.807) is 6.07 Å². The van der Waals surface area contributed by atoms with Crippen LogP contribution in [0.25, 0.3) is 32.3 Å². The Bertz CT molecular complexity index is 1690. The van der Waals surface area contributed by atoms with Crippen molar-refractivity contribution < 1.29 is 33.7 Å². The van der Waals surface area contributed by atoms with E-state index in [1.165, 1.54) is 0 Å². The molecule has 0 aromatic heterocycles. The zero-order valence-electron chi connectivity index (χ0n) is 32.3. The number of phenols is 1. The first-order valence-electron chi connectivity index (χ1n) is 19.9. The van der Waals surface area contributed by atoms with Crippen LogP contribution in [0.3, 0.4) is 0 Å². The van der Waals surface area contributed by atoms with E-state index in [0.29, 0.717) is 72.2 Å². The third-order valence-corrected chi connectivity index (χ3v) is 9.47. The number of unbranched alkanes of at least 4 members (excludes halogenated alkanes) is 10. The Hall–Kier alpha value is -4.14. The van der Waals surface area contributed by atoms with Gasteiger partial charge in [-0.05, 0) is 78.6 Å². The van der Waals surface area contributed by atoms with Crippen molar-refractivity contribution in [1.29, 1.82) is 0 Å². The van der Waals surface area contributed by atoms with Gasteiger partial charge in [0.05, 0.1) is 43.3 Å². The van der Waals surface area contributed by atoms with Gasteiger partial charge in [0.25, 0.3) is 0 Å². The third kappa shape index (κ3) is 10.5. The molecular weight excluding hydrogens is 658 g/mol. The van der Waals surface area contributed by atoms with Crippen LogP contribution in [0.4, 0.5) is 5.69 Å². The van der Waals surface area contributed by atoms with E-state index in [0.717, 1.165) is 112 Å². The Morgan fingerprint density at radius 2 is 0.731 bits per heavy atom. The maximum absolute atomic E-state index is 12.9. The quantitative estimate of drug-likeness (QED) is 0.0295. The molecule has 0 aliphatic heterocycles. The molecular formula is C43H61NO8. The van der Waals surface area contributed by atoms with Gasteiger partial charge in [-0.1, -0.05) is 98.8 Å². The number of nitrogens with zero attached hydrogens (tertiary/aromatic N) is 1. The molecule has 286 valence electrons. The molecule has 0 saturated carbocycles. The average Bonchev–Trinajstić information content (AvgIpc) is 3.14. The van der Waals surface area contributed by atoms with Crippen molar-refractivity contribution in [1.82, 2.24) is 0 Å². The fourth-order valence-electron chi connectivity index (χ4n) is 6.52. The minimum absolute atomic E-state index is 0.0909. The van der Waals surface area contributed by atoms with Crippen LogP contribution in [0, 0.1) is 10.1 Å². The topological polar surface area (TPSA) is 110 Å². The van der Waals surface area contributed by atoms with Crippen molar-refractivity contribution in [3.05, 3.63) is 40.4 Å². The SMILES string of the molecule is CCCCCOc1cc2c3cc(OCCCCC)c(OCCCCC)cc3c3c([N+](=O)[O-])c(O)c(OCCCCC)cc3c2cc1OCCCCC. The summed E-state index contributed by atoms with van der Waals surface area (Å²) in [5.41, 5.74) is -0.395. The van der Waals surface area contributed by atoms with Crippen LogP contribution in [0.1, 0.15) is 131 Å². The predicted octanol–water partition coefficient (Wildman–Crippen LogP) is 12.6. The highest BCUT2D eigenvalue weighted by atomic mass is 16.6. The number of nitro groups is 1. The highest BCUT2D eigenvalue weighted by molar-refractivity contribution is 6.29. The molecule has 0 aliphatic carbocycles. The van der Waals surface area contributed by atoms with Gasteiger partial charge in [-0.25, -0.2) is 0 Å². The van der Waals surface area contributed by atoms with E-state index >= 15 is 0 Å². The number of hydrogen-bond donors (Lipinski definition) is 1. The smallest absolute Gasteiger partial charge is 0.323 e. The number of ether oxygens (including phenoxy) is 5. The Balaban J connectivity index is 2.07. The van der Waals surface area contributed by atoms with Gasteiger partial charge in [0.1, 0.15) is 0 Å². The summed E-state index contributed by atoms with van der Waals surface area (Å²) in [6.45, 7) is 13.2. The van der Waals surface area contributed by atoms with Gasteiger partial charge in [-0.15, -0.1) is 0 Å². The van der Waals surface area contributed by atoms with Crippen molar-refractivity contribution in [3.8, 4) is 34.5 Å². The number of fused-ring (bicyclic) bond motifs is 6. The average molecular weight is 720 g/mol. The number of benzene rings is 4. The Labute approximate surface area is 310 Å². The van der Waals surface area contributed by atoms with E-state index in [2.05, 4.69) is 34.6 Å². The monoisotopic (exact) mass is 719 g/mol. The van der Waals surface area contributed by atoms with Gasteiger partial charge >= 0.3 is 5.69 Å². The molecule has 9 heteroatoms. The van der Waals surface area contributed by atoms with Crippen molar-refractivity contribution in [3.63, 3.8) is 0 Å². The molecule has 52 heavy (non-hydrogen) atoms. The van der Waals surface area contributed by atoms with Crippen LogP contribution in [-0.2, 0) is 0 Å². The lowest BCUT2D eigenvalue weighted by atomic mass is 9.92. The van der Waals surface area contributed by atoms with Crippen molar-refractivity contribution >= 4 is 38.0 Å². The first-order valence-corrected chi connectivity index (χ1v) is 19.9. The van der Waals surface area contributed by atoms with E-state index in [9.17, 15) is 15.2 Å². The number of hydrogen-bond acceptors (Lipinski definition) is 8. The minimum atomic E-state index is -0.508. The summed E-state index contributed by atoms with van der Waals surface area (Å²) in [6, 6.07) is 9.48. The van der Waals surface area contributed by atoms with E-state index in [4.69, 9.17) is 23.7 Å². The summed E-state index contributed by atoms with van der Waals surface area (Å²) >= 11 is 0. The van der Waals surface area contributed by atoms with Crippen LogP contribution in [0.2, 0.25) is 0 Å². The van der Waals surface area contributed by atoms with Gasteiger partial charge in [0.2, 0.25) is 5.75 Å². The summed E-state index contributed by atoms with van der Waals surface area (Å²) < 4.78 is 31.6. The molecule has 0 bridgehead atoms. The summed E-state index contributed by atoms with van der Waals surface area (Å²) in [4.78, 5) is 12.4. The molecule has 1 N–H and O–H groups in total. The summed E-state index contributed by atoms with van der Waals surface area (Å²) in [5.74, 6) is 1.96. The van der Waals surface area contributed by atoms with Gasteiger partial charge in [-0.2, -0.15) is 0 Å². The molecule has 0 spiro atoms. The highest BCUT2D eigenvalue weighted by Crippen LogP contribution is 2.51. The summed E-state index contributed by atoms with van der Waals surface area (Å²) in [7, 11) is 0. The predicted molar refractivity (Wildman–Crippen MR) is 212 cm³/mol. The number of phenolic OH excluding ortho intramolecular Hbond substituents is 1. The lowest BCUT2D eigenvalue weighted by Gasteiger charge is -2.20. The van der Waals surface area contributed by atoms with Crippen LogP contribution in [-0.4, -0.2) is 43.1 Å². The maximum atomic E-state index is 12.9. The zero-order chi connectivity index (χ0) is 37.3. The van der Waals surface area contributed by atoms with E-state index in [-0.39, 0.29) is 5.75 Å². The Kier molecular flexibility index (Phi) is 16.7. The lowest BCUT2D eigenvalue weighted by Crippen LogP contribution is -2.04. The number of aromatic hydroxyl groups is 1. The number of nitro benzene ring substituents is 1. The molecule has 0 atom stereocenters. The molecule has 0 fully saturated rings. The number of rotatable bonds is 26. The van der Waals surface area contributed by atoms with Crippen molar-refractivity contribution in [2.45, 2.75) is 131 Å². The van der Waals surface area contributed by atoms with Crippen LogP contribution < -0.4 is 23.7 Å². The maximum Gasteiger partial charge on any atom is 0.323 e. The zero-order valence-corrected chi connectivity index (χ0v) is 32.3. The van der Waals surface area contributed by atoms with Crippen molar-refractivity contribution in [2.24, 2.45) is 0 Å². The fraction of sp³-hybridized carbons (Fsp3) is 0.581. The molecule has 0 heterocycles. The second-order valence-electron chi connectivity index (χ2n) is 13.7. The van der Waals surface area contributed by atoms with Gasteiger partial charge < -0.3 is 28.8 Å². The molecule has 0 aliphatic rings. The lowest BCUT2D eigenvalue weighted by molar-refractivity contribution is -0.384. The van der Waals surface area contributed by atoms with Gasteiger partial charge in [0, 0.05) is 10.8 Å². The summed E-state index contributed by atoms with van der Waals surface area (Å²) in [5, 5.41) is 28.2. The molecule has 4 aromatic carbocycles. The van der Waals surface area contributed by atoms with Crippen LogP contribution in [0.5, 0.6) is 34.5 Å². The van der Waals surface area contributed by atoms with Crippen LogP contribution in [0.15, 0.2) is 30.3 Å². The summed E-state index contributed by atoms with van der Waals surface area (Å²) in [6.07, 6.45) is 14.8. The Morgan fingerprint density at radius 3 is 1.04 bits per heavy atom. The standard InChI is InChI=1S/C43H61NO8/c1-6-11-16-21-48-36-26-31-32-27-38(50-23-18-13-8-3)39(51-24-19-14-9-4)29-34(32)41-35(33(31)28-37(36)49-22-17-12-7-2)30-40(52-25-20-15-10-5)43(45)42(41)44(46)47/h26-30,45H,6-25H2,1-5H3. The molecule has 0 saturated heterocycles. The minimum Gasteiger partial charge on any atom is -0.499 e. The van der Waals surface area contributed by atoms with E-state index in [1.807, 2.05) is 24.3 Å². The first-order chi connectivity index (χ1) is 25.4. The fourth-order valence-corrected chi connectivity index (χ4v) is 6.52. The molecule has 4 aromatic rings. The van der Waals surface area contributed by atoms with Gasteiger partial charge in [0.15, 0.2) is 28.7 Å². The highest BCUT2D eigenvalue weighted by Gasteiger charge is 2.29. The first kappa shape index (κ1) is 40.6. The van der Waals surface area contributed by atoms with Gasteiger partial charge in [-0.3, -0.25) is 10.1 Å². The Morgan fingerprint density at radius 1 is 0.462 bits per heavy atom. The molecule has 0 radical (unpaired) electrons. The molecule has 0 unspecified atom stereocenters. The molecule has 0 amide bonds. The van der Waals surface area contributed by atoms with Crippen LogP contribution >= 0.6 is 0 Å². The third-order valence-electron chi connectivity index (χ3n) is 9.47. The second kappa shape index (κ2) is 21.4. The molecule has 9 nitrogen and oxygen atoms in total. The normalized spacial score (nSPS) is 11.4. The largest absolute Gasteiger partial charge is 0.499 e. The van der Waals surface area contributed by atoms with Crippen molar-refractivity contribution in [2.75, 3.05) is 33.0 Å². The molecule has 4 rings (SSSR count). The van der Waals surface area contributed by atoms with E-state index < -0.39 is 16.4 Å². The second-order valence-corrected chi connectivity index (χ2v) is 13.7.